The van der Waals surface area contributed by atoms with Crippen molar-refractivity contribution < 1.29 is 4.79 Å². The zero-order valence-corrected chi connectivity index (χ0v) is 11.0. The molecule has 0 aliphatic carbocycles. The van der Waals surface area contributed by atoms with Crippen LogP contribution >= 0.6 is 0 Å². The Morgan fingerprint density at radius 3 is 2.83 bits per heavy atom. The van der Waals surface area contributed by atoms with E-state index >= 15 is 0 Å². The van der Waals surface area contributed by atoms with E-state index in [1.165, 1.54) is 5.56 Å². The van der Waals surface area contributed by atoms with Crippen molar-refractivity contribution in [3.8, 4) is 0 Å². The molecule has 3 nitrogen and oxygen atoms in total. The van der Waals surface area contributed by atoms with Crippen LogP contribution in [0.3, 0.4) is 0 Å². The minimum absolute atomic E-state index is 0.0262. The van der Waals surface area contributed by atoms with Crippen LogP contribution in [0.1, 0.15) is 37.7 Å². The SMILES string of the molecule is CCC(CNC(=O)C1CCCN1)c1ccccc1. The van der Waals surface area contributed by atoms with Crippen LogP contribution in [-0.2, 0) is 4.79 Å². The van der Waals surface area contributed by atoms with Gasteiger partial charge in [-0.3, -0.25) is 4.79 Å². The molecule has 1 aromatic rings. The van der Waals surface area contributed by atoms with Gasteiger partial charge in [-0.25, -0.2) is 0 Å². The summed E-state index contributed by atoms with van der Waals surface area (Å²) in [4.78, 5) is 11.9. The average Bonchev–Trinajstić information content (AvgIpc) is 2.94. The fourth-order valence-corrected chi connectivity index (χ4v) is 2.48. The van der Waals surface area contributed by atoms with E-state index in [-0.39, 0.29) is 11.9 Å². The number of amides is 1. The second-order valence-corrected chi connectivity index (χ2v) is 4.91. The van der Waals surface area contributed by atoms with Crippen LogP contribution in [0.5, 0.6) is 0 Å². The molecule has 2 rings (SSSR count). The molecule has 0 radical (unpaired) electrons. The second-order valence-electron chi connectivity index (χ2n) is 4.91. The maximum atomic E-state index is 11.9. The molecule has 18 heavy (non-hydrogen) atoms. The topological polar surface area (TPSA) is 41.1 Å². The third-order valence-corrected chi connectivity index (χ3v) is 3.66. The van der Waals surface area contributed by atoms with Gasteiger partial charge in [0.15, 0.2) is 0 Å². The molecule has 1 amide bonds. The van der Waals surface area contributed by atoms with Crippen molar-refractivity contribution in [2.24, 2.45) is 0 Å². The number of benzene rings is 1. The maximum Gasteiger partial charge on any atom is 0.237 e. The first-order valence-electron chi connectivity index (χ1n) is 6.87. The molecule has 1 aliphatic heterocycles. The van der Waals surface area contributed by atoms with E-state index in [0.29, 0.717) is 5.92 Å². The van der Waals surface area contributed by atoms with Crippen LogP contribution in [0, 0.1) is 0 Å². The standard InChI is InChI=1S/C15H22N2O/c1-2-12(13-7-4-3-5-8-13)11-17-15(18)14-9-6-10-16-14/h3-5,7-8,12,14,16H,2,6,9-11H2,1H3,(H,17,18). The summed E-state index contributed by atoms with van der Waals surface area (Å²) >= 11 is 0. The largest absolute Gasteiger partial charge is 0.354 e. The molecule has 0 saturated carbocycles. The molecule has 0 bridgehead atoms. The van der Waals surface area contributed by atoms with E-state index in [0.717, 1.165) is 32.4 Å². The molecule has 1 aliphatic rings. The lowest BCUT2D eigenvalue weighted by atomic mass is 9.96. The highest BCUT2D eigenvalue weighted by Crippen LogP contribution is 2.18. The fraction of sp³-hybridized carbons (Fsp3) is 0.533. The summed E-state index contributed by atoms with van der Waals surface area (Å²) in [5, 5.41) is 6.30. The molecular weight excluding hydrogens is 224 g/mol. The Kier molecular flexibility index (Phi) is 4.76. The van der Waals surface area contributed by atoms with E-state index in [1.807, 2.05) is 6.07 Å². The average molecular weight is 246 g/mol. The first-order chi connectivity index (χ1) is 8.81. The quantitative estimate of drug-likeness (QED) is 0.835. The highest BCUT2D eigenvalue weighted by molar-refractivity contribution is 5.82. The summed E-state index contributed by atoms with van der Waals surface area (Å²) in [5.74, 6) is 0.568. The van der Waals surface area contributed by atoms with Crippen molar-refractivity contribution in [3.63, 3.8) is 0 Å². The molecule has 2 atom stereocenters. The van der Waals surface area contributed by atoms with Gasteiger partial charge in [0.2, 0.25) is 5.91 Å². The van der Waals surface area contributed by atoms with Crippen LogP contribution in [0.15, 0.2) is 30.3 Å². The third-order valence-electron chi connectivity index (χ3n) is 3.66. The summed E-state index contributed by atoms with van der Waals surface area (Å²) in [6.45, 7) is 3.86. The van der Waals surface area contributed by atoms with Crippen molar-refractivity contribution in [1.82, 2.24) is 10.6 Å². The zero-order valence-electron chi connectivity index (χ0n) is 11.0. The van der Waals surface area contributed by atoms with Crippen LogP contribution in [0.25, 0.3) is 0 Å². The molecule has 0 spiro atoms. The van der Waals surface area contributed by atoms with Gasteiger partial charge >= 0.3 is 0 Å². The zero-order chi connectivity index (χ0) is 12.8. The summed E-state index contributed by atoms with van der Waals surface area (Å²) in [6, 6.07) is 10.4. The van der Waals surface area contributed by atoms with Gasteiger partial charge in [0.05, 0.1) is 6.04 Å². The lowest BCUT2D eigenvalue weighted by molar-refractivity contribution is -0.122. The summed E-state index contributed by atoms with van der Waals surface area (Å²) in [5.41, 5.74) is 1.31. The number of carbonyl (C=O) groups excluding carboxylic acids is 1. The van der Waals surface area contributed by atoms with Crippen LogP contribution < -0.4 is 10.6 Å². The van der Waals surface area contributed by atoms with E-state index in [2.05, 4.69) is 41.8 Å². The number of rotatable bonds is 5. The monoisotopic (exact) mass is 246 g/mol. The number of hydrogen-bond donors (Lipinski definition) is 2. The minimum atomic E-state index is 0.0262. The first kappa shape index (κ1) is 13.1. The van der Waals surface area contributed by atoms with Gasteiger partial charge in [-0.15, -0.1) is 0 Å². The molecule has 1 heterocycles. The molecule has 3 heteroatoms. The minimum Gasteiger partial charge on any atom is -0.354 e. The lowest BCUT2D eigenvalue weighted by Crippen LogP contribution is -2.41. The molecule has 0 aromatic heterocycles. The van der Waals surface area contributed by atoms with Gasteiger partial charge in [0.25, 0.3) is 0 Å². The van der Waals surface area contributed by atoms with E-state index in [1.54, 1.807) is 0 Å². The van der Waals surface area contributed by atoms with Crippen LogP contribution in [0.4, 0.5) is 0 Å². The highest BCUT2D eigenvalue weighted by Gasteiger charge is 2.22. The predicted molar refractivity (Wildman–Crippen MR) is 73.5 cm³/mol. The van der Waals surface area contributed by atoms with E-state index < -0.39 is 0 Å². The van der Waals surface area contributed by atoms with Crippen molar-refractivity contribution >= 4 is 5.91 Å². The Morgan fingerprint density at radius 1 is 1.44 bits per heavy atom. The molecule has 2 N–H and O–H groups in total. The Hall–Kier alpha value is -1.35. The smallest absolute Gasteiger partial charge is 0.237 e. The summed E-state index contributed by atoms with van der Waals surface area (Å²) in [6.07, 6.45) is 3.12. The van der Waals surface area contributed by atoms with E-state index in [4.69, 9.17) is 0 Å². The lowest BCUT2D eigenvalue weighted by Gasteiger charge is -2.18. The third kappa shape index (κ3) is 3.33. The van der Waals surface area contributed by atoms with Crippen molar-refractivity contribution in [2.75, 3.05) is 13.1 Å². The second kappa shape index (κ2) is 6.55. The maximum absolute atomic E-state index is 11.9. The number of carbonyl (C=O) groups is 1. The van der Waals surface area contributed by atoms with Gasteiger partial charge in [0, 0.05) is 12.5 Å². The summed E-state index contributed by atoms with van der Waals surface area (Å²) < 4.78 is 0. The van der Waals surface area contributed by atoms with Gasteiger partial charge < -0.3 is 10.6 Å². The van der Waals surface area contributed by atoms with Crippen molar-refractivity contribution in [3.05, 3.63) is 35.9 Å². The Labute approximate surface area is 109 Å². The summed E-state index contributed by atoms with van der Waals surface area (Å²) in [7, 11) is 0. The molecule has 2 unspecified atom stereocenters. The predicted octanol–water partition coefficient (Wildman–Crippen LogP) is 2.05. The van der Waals surface area contributed by atoms with Crippen molar-refractivity contribution in [2.45, 2.75) is 38.1 Å². The van der Waals surface area contributed by atoms with Gasteiger partial charge in [-0.05, 0) is 31.4 Å². The number of nitrogens with one attached hydrogen (secondary N) is 2. The molecule has 1 saturated heterocycles. The van der Waals surface area contributed by atoms with E-state index in [9.17, 15) is 4.79 Å². The molecule has 98 valence electrons. The Bertz CT molecular complexity index is 371. The van der Waals surface area contributed by atoms with Gasteiger partial charge in [-0.2, -0.15) is 0 Å². The van der Waals surface area contributed by atoms with Gasteiger partial charge in [0.1, 0.15) is 0 Å². The molecule has 1 fully saturated rings. The Balaban J connectivity index is 1.85. The van der Waals surface area contributed by atoms with Crippen LogP contribution in [-0.4, -0.2) is 25.0 Å². The molecule has 1 aromatic carbocycles. The highest BCUT2D eigenvalue weighted by atomic mass is 16.2. The van der Waals surface area contributed by atoms with Crippen LogP contribution in [0.2, 0.25) is 0 Å². The Morgan fingerprint density at radius 2 is 2.22 bits per heavy atom. The first-order valence-corrected chi connectivity index (χ1v) is 6.87. The normalized spacial score (nSPS) is 20.6. The van der Waals surface area contributed by atoms with Gasteiger partial charge in [-0.1, -0.05) is 37.3 Å². The molecular formula is C15H22N2O. The fourth-order valence-electron chi connectivity index (χ4n) is 2.48. The van der Waals surface area contributed by atoms with Crippen molar-refractivity contribution in [1.29, 1.82) is 0 Å². The number of hydrogen-bond acceptors (Lipinski definition) is 2.